The fourth-order valence-electron chi connectivity index (χ4n) is 7.29. The minimum Gasteiger partial charge on any atom is -0.296 e. The second kappa shape index (κ2) is 12.1. The standard InChI is InChI=1S/C47H34N2/c1-2-45-48-42-21-11-13-23-44(42)49(45)43-22-12-10-16-37(43)34-26-30-36(31-27-34)47-40-19-8-6-17-38(40)46(39-18-7-9-20-41(39)47)35-28-24-33(25-29-35)32-14-4-3-5-15-32/h3-31H,2H2,1H3/i1D3,2D2. The van der Waals surface area contributed by atoms with Crippen molar-refractivity contribution >= 4 is 32.6 Å². The van der Waals surface area contributed by atoms with Crippen molar-refractivity contribution in [3.63, 3.8) is 0 Å². The molecule has 0 aliphatic carbocycles. The third-order valence-corrected chi connectivity index (χ3v) is 9.51. The van der Waals surface area contributed by atoms with Gasteiger partial charge in [0.25, 0.3) is 0 Å². The van der Waals surface area contributed by atoms with Crippen LogP contribution in [-0.2, 0) is 6.37 Å². The molecule has 8 aromatic carbocycles. The summed E-state index contributed by atoms with van der Waals surface area (Å²) in [7, 11) is 0. The molecule has 9 aromatic rings. The molecule has 0 amide bonds. The molecule has 0 bridgehead atoms. The molecule has 2 nitrogen and oxygen atoms in total. The van der Waals surface area contributed by atoms with Gasteiger partial charge in [-0.3, -0.25) is 4.57 Å². The first-order valence-corrected chi connectivity index (χ1v) is 16.5. The van der Waals surface area contributed by atoms with Crippen LogP contribution in [0.4, 0.5) is 0 Å². The van der Waals surface area contributed by atoms with Crippen molar-refractivity contribution in [1.29, 1.82) is 0 Å². The summed E-state index contributed by atoms with van der Waals surface area (Å²) in [5, 5.41) is 4.67. The Morgan fingerprint density at radius 3 is 1.55 bits per heavy atom. The van der Waals surface area contributed by atoms with Crippen LogP contribution in [0.2, 0.25) is 0 Å². The normalized spacial score (nSPS) is 13.5. The maximum absolute atomic E-state index is 8.71. The van der Waals surface area contributed by atoms with E-state index in [1.54, 1.807) is 10.6 Å². The lowest BCUT2D eigenvalue weighted by atomic mass is 9.85. The van der Waals surface area contributed by atoms with E-state index in [0.29, 0.717) is 16.7 Å². The van der Waals surface area contributed by atoms with Crippen LogP contribution in [-0.4, -0.2) is 9.55 Å². The maximum Gasteiger partial charge on any atom is 0.114 e. The summed E-state index contributed by atoms with van der Waals surface area (Å²) in [4.78, 5) is 4.55. The summed E-state index contributed by atoms with van der Waals surface area (Å²) in [6, 6.07) is 60.0. The maximum atomic E-state index is 8.71. The van der Waals surface area contributed by atoms with E-state index in [9.17, 15) is 0 Å². The molecule has 0 N–H and O–H groups in total. The Labute approximate surface area is 293 Å². The summed E-state index contributed by atoms with van der Waals surface area (Å²) >= 11 is 0. The molecule has 2 heteroatoms. The van der Waals surface area contributed by atoms with E-state index in [2.05, 4.69) is 126 Å². The second-order valence-corrected chi connectivity index (χ2v) is 12.3. The van der Waals surface area contributed by atoms with Gasteiger partial charge in [0.2, 0.25) is 0 Å². The van der Waals surface area contributed by atoms with Crippen molar-refractivity contribution in [1.82, 2.24) is 9.55 Å². The van der Waals surface area contributed by atoms with E-state index in [1.807, 2.05) is 48.5 Å². The zero-order valence-electron chi connectivity index (χ0n) is 31.6. The van der Waals surface area contributed by atoms with E-state index in [-0.39, 0.29) is 5.82 Å². The van der Waals surface area contributed by atoms with Gasteiger partial charge in [-0.2, -0.15) is 0 Å². The Bertz CT molecular complexity index is 2760. The van der Waals surface area contributed by atoms with Gasteiger partial charge in [-0.25, -0.2) is 4.98 Å². The van der Waals surface area contributed by atoms with Crippen LogP contribution < -0.4 is 0 Å². The fraction of sp³-hybridized carbons (Fsp3) is 0.0426. The van der Waals surface area contributed by atoms with Gasteiger partial charge < -0.3 is 0 Å². The summed E-state index contributed by atoms with van der Waals surface area (Å²) in [5.41, 5.74) is 10.5. The average Bonchev–Trinajstić information content (AvgIpc) is 3.60. The second-order valence-electron chi connectivity index (χ2n) is 12.3. The molecule has 9 rings (SSSR count). The first-order chi connectivity index (χ1) is 26.2. The van der Waals surface area contributed by atoms with Gasteiger partial charge >= 0.3 is 0 Å². The van der Waals surface area contributed by atoms with Crippen molar-refractivity contribution in [3.8, 4) is 50.2 Å². The Hall–Kier alpha value is -6.25. The highest BCUT2D eigenvalue weighted by molar-refractivity contribution is 6.21. The lowest BCUT2D eigenvalue weighted by Gasteiger charge is -2.18. The largest absolute Gasteiger partial charge is 0.296 e. The summed E-state index contributed by atoms with van der Waals surface area (Å²) in [5.74, 6) is -0.152. The molecule has 1 aromatic heterocycles. The number of aryl methyl sites for hydroxylation is 1. The summed E-state index contributed by atoms with van der Waals surface area (Å²) < 4.78 is 43.2. The molecule has 0 saturated carbocycles. The third-order valence-electron chi connectivity index (χ3n) is 9.51. The molecular formula is C47H34N2. The molecule has 0 spiro atoms. The van der Waals surface area contributed by atoms with Gasteiger partial charge in [-0.1, -0.05) is 165 Å². The Kier molecular flexibility index (Phi) is 5.91. The number of fused-ring (bicyclic) bond motifs is 3. The molecule has 1 heterocycles. The molecule has 0 fully saturated rings. The predicted molar refractivity (Wildman–Crippen MR) is 207 cm³/mol. The minimum absolute atomic E-state index is 0.152. The van der Waals surface area contributed by atoms with Crippen molar-refractivity contribution in [3.05, 3.63) is 182 Å². The molecule has 0 aliphatic rings. The van der Waals surface area contributed by atoms with E-state index in [1.165, 1.54) is 27.5 Å². The van der Waals surface area contributed by atoms with E-state index >= 15 is 0 Å². The number of hydrogen-bond acceptors (Lipinski definition) is 1. The Morgan fingerprint density at radius 2 is 0.939 bits per heavy atom. The van der Waals surface area contributed by atoms with Crippen LogP contribution in [0.15, 0.2) is 176 Å². The van der Waals surface area contributed by atoms with Gasteiger partial charge in [0, 0.05) is 18.8 Å². The zero-order valence-corrected chi connectivity index (χ0v) is 26.6. The third kappa shape index (κ3) is 4.92. The monoisotopic (exact) mass is 631 g/mol. The lowest BCUT2D eigenvalue weighted by molar-refractivity contribution is 0.909. The molecule has 0 radical (unpaired) electrons. The van der Waals surface area contributed by atoms with E-state index < -0.39 is 13.2 Å². The average molecular weight is 632 g/mol. The lowest BCUT2D eigenvalue weighted by Crippen LogP contribution is -2.02. The van der Waals surface area contributed by atoms with Gasteiger partial charge in [0.05, 0.1) is 16.7 Å². The topological polar surface area (TPSA) is 17.8 Å². The minimum atomic E-state index is -2.92. The SMILES string of the molecule is [2H]C([2H])([2H])C([2H])([2H])c1nc2ccccc2n1-c1ccccc1-c1ccc(-c2c3ccccc3c(-c3ccc(-c4ccccc4)cc3)c3ccccc23)cc1. The van der Waals surface area contributed by atoms with Gasteiger partial charge in [0.1, 0.15) is 5.82 Å². The number of para-hydroxylation sites is 3. The number of aromatic nitrogens is 2. The molecule has 0 unspecified atom stereocenters. The van der Waals surface area contributed by atoms with E-state index in [4.69, 9.17) is 6.85 Å². The highest BCUT2D eigenvalue weighted by Gasteiger charge is 2.18. The first-order valence-electron chi connectivity index (χ1n) is 19.0. The fourth-order valence-corrected chi connectivity index (χ4v) is 7.29. The molecular weight excluding hydrogens is 593 g/mol. The Balaban J connectivity index is 1.18. The summed E-state index contributed by atoms with van der Waals surface area (Å²) in [6.45, 7) is -2.92. The number of benzene rings is 8. The van der Waals surface area contributed by atoms with E-state index in [0.717, 1.165) is 38.6 Å². The molecule has 0 saturated heterocycles. The first kappa shape index (κ1) is 24.0. The highest BCUT2D eigenvalue weighted by Crippen LogP contribution is 2.44. The van der Waals surface area contributed by atoms with Crippen molar-refractivity contribution in [2.45, 2.75) is 13.2 Å². The predicted octanol–water partition coefficient (Wildman–Crippen LogP) is 12.6. The van der Waals surface area contributed by atoms with Crippen LogP contribution in [0, 0.1) is 0 Å². The van der Waals surface area contributed by atoms with Crippen LogP contribution in [0.3, 0.4) is 0 Å². The number of rotatable bonds is 6. The van der Waals surface area contributed by atoms with Crippen LogP contribution in [0.1, 0.15) is 19.5 Å². The van der Waals surface area contributed by atoms with Crippen LogP contribution >= 0.6 is 0 Å². The summed E-state index contributed by atoms with van der Waals surface area (Å²) in [6.07, 6.45) is -2.69. The smallest absolute Gasteiger partial charge is 0.114 e. The van der Waals surface area contributed by atoms with Crippen LogP contribution in [0.25, 0.3) is 82.8 Å². The van der Waals surface area contributed by atoms with Crippen molar-refractivity contribution < 1.29 is 6.85 Å². The van der Waals surface area contributed by atoms with Crippen LogP contribution in [0.5, 0.6) is 0 Å². The zero-order chi connectivity index (χ0) is 37.0. The molecule has 0 atom stereocenters. The number of imidazole rings is 1. The molecule has 232 valence electrons. The van der Waals surface area contributed by atoms with Crippen molar-refractivity contribution in [2.75, 3.05) is 0 Å². The van der Waals surface area contributed by atoms with Crippen molar-refractivity contribution in [2.24, 2.45) is 0 Å². The van der Waals surface area contributed by atoms with Gasteiger partial charge in [-0.05, 0) is 78.7 Å². The van der Waals surface area contributed by atoms with Gasteiger partial charge in [-0.15, -0.1) is 0 Å². The number of hydrogen-bond donors (Lipinski definition) is 0. The number of nitrogens with zero attached hydrogens (tertiary/aromatic N) is 2. The highest BCUT2D eigenvalue weighted by atomic mass is 15.1. The molecule has 49 heavy (non-hydrogen) atoms. The van der Waals surface area contributed by atoms with Gasteiger partial charge in [0.15, 0.2) is 0 Å². The quantitative estimate of drug-likeness (QED) is 0.167. The Morgan fingerprint density at radius 1 is 0.469 bits per heavy atom. The molecule has 0 aliphatic heterocycles.